The number of halogens is 1. The third-order valence-electron chi connectivity index (χ3n) is 2.12. The lowest BCUT2D eigenvalue weighted by Crippen LogP contribution is -2.47. The third-order valence-corrected chi connectivity index (χ3v) is 4.04. The Hall–Kier alpha value is -0.920. The molecule has 0 spiro atoms. The summed E-state index contributed by atoms with van der Waals surface area (Å²) in [6, 6.07) is 1.03. The molecule has 3 N–H and O–H groups in total. The molecule has 5 nitrogen and oxygen atoms in total. The molecule has 1 atom stereocenters. The minimum atomic E-state index is -0.499. The fourth-order valence-corrected chi connectivity index (χ4v) is 2.52. The summed E-state index contributed by atoms with van der Waals surface area (Å²) in [6.07, 6.45) is 0. The maximum atomic E-state index is 11.5. The minimum Gasteiger partial charge on any atom is -0.341 e. The Morgan fingerprint density at radius 3 is 2.76 bits per heavy atom. The smallest absolute Gasteiger partial charge is 0.321 e. The molecule has 1 heterocycles. The monoisotopic (exact) mass is 319 g/mol. The van der Waals surface area contributed by atoms with E-state index in [4.69, 9.17) is 0 Å². The average molecular weight is 320 g/mol. The first kappa shape index (κ1) is 14.1. The topological polar surface area (TPSA) is 70.2 Å². The summed E-state index contributed by atoms with van der Waals surface area (Å²) in [6.45, 7) is 2.29. The zero-order valence-corrected chi connectivity index (χ0v) is 11.9. The van der Waals surface area contributed by atoms with Gasteiger partial charge < -0.3 is 10.6 Å². The predicted molar refractivity (Wildman–Crippen MR) is 70.9 cm³/mol. The summed E-state index contributed by atoms with van der Waals surface area (Å²) in [5.74, 6) is -0.350. The molecule has 0 aromatic carbocycles. The van der Waals surface area contributed by atoms with Gasteiger partial charge in [0.15, 0.2) is 0 Å². The number of imide groups is 1. The van der Waals surface area contributed by atoms with E-state index in [9.17, 15) is 9.59 Å². The zero-order chi connectivity index (χ0) is 12.8. The van der Waals surface area contributed by atoms with Crippen LogP contribution in [-0.2, 0) is 11.3 Å². The number of thiophene rings is 1. The Bertz CT molecular complexity index is 408. The van der Waals surface area contributed by atoms with Gasteiger partial charge in [-0.3, -0.25) is 10.1 Å². The SMILES string of the molecule is CNC(=O)NC(=O)C(C)NCc1sccc1Br. The first-order valence-corrected chi connectivity index (χ1v) is 6.69. The Morgan fingerprint density at radius 2 is 2.24 bits per heavy atom. The van der Waals surface area contributed by atoms with E-state index in [0.717, 1.165) is 9.35 Å². The second-order valence-corrected chi connectivity index (χ2v) is 5.22. The molecule has 0 aliphatic heterocycles. The van der Waals surface area contributed by atoms with Crippen LogP contribution in [0.2, 0.25) is 0 Å². The van der Waals surface area contributed by atoms with Crippen molar-refractivity contribution in [3.63, 3.8) is 0 Å². The van der Waals surface area contributed by atoms with Crippen molar-refractivity contribution >= 4 is 39.2 Å². The van der Waals surface area contributed by atoms with Crippen molar-refractivity contribution in [3.05, 3.63) is 20.8 Å². The van der Waals surface area contributed by atoms with Crippen molar-refractivity contribution in [2.75, 3.05) is 7.05 Å². The quantitative estimate of drug-likeness (QED) is 0.786. The average Bonchev–Trinajstić information content (AvgIpc) is 2.71. The lowest BCUT2D eigenvalue weighted by atomic mass is 10.3. The van der Waals surface area contributed by atoms with Gasteiger partial charge in [0.25, 0.3) is 0 Å². The van der Waals surface area contributed by atoms with Crippen molar-refractivity contribution in [2.45, 2.75) is 19.5 Å². The Kier molecular flexibility index (Phi) is 5.60. The Morgan fingerprint density at radius 1 is 1.53 bits per heavy atom. The fraction of sp³-hybridized carbons (Fsp3) is 0.400. The molecule has 0 bridgehead atoms. The van der Waals surface area contributed by atoms with Crippen LogP contribution in [0.1, 0.15) is 11.8 Å². The molecule has 1 aromatic rings. The lowest BCUT2D eigenvalue weighted by Gasteiger charge is -2.12. The number of rotatable bonds is 4. The molecule has 94 valence electrons. The van der Waals surface area contributed by atoms with E-state index in [2.05, 4.69) is 31.9 Å². The third kappa shape index (κ3) is 4.45. The minimum absolute atomic E-state index is 0.350. The number of hydrogen-bond donors (Lipinski definition) is 3. The summed E-state index contributed by atoms with van der Waals surface area (Å²) in [7, 11) is 1.46. The van der Waals surface area contributed by atoms with Gasteiger partial charge in [-0.05, 0) is 34.3 Å². The summed E-state index contributed by atoms with van der Waals surface area (Å²) < 4.78 is 1.02. The second-order valence-electron chi connectivity index (χ2n) is 3.36. The van der Waals surface area contributed by atoms with Gasteiger partial charge in [0.1, 0.15) is 0 Å². The number of urea groups is 1. The van der Waals surface area contributed by atoms with E-state index in [0.29, 0.717) is 6.54 Å². The van der Waals surface area contributed by atoms with E-state index in [1.165, 1.54) is 7.05 Å². The normalized spacial score (nSPS) is 11.9. The van der Waals surface area contributed by atoms with E-state index < -0.39 is 12.1 Å². The van der Waals surface area contributed by atoms with Gasteiger partial charge in [0, 0.05) is 22.9 Å². The number of carbonyl (C=O) groups is 2. The molecule has 1 rings (SSSR count). The van der Waals surface area contributed by atoms with Crippen LogP contribution in [-0.4, -0.2) is 25.0 Å². The van der Waals surface area contributed by atoms with Crippen LogP contribution in [0.5, 0.6) is 0 Å². The van der Waals surface area contributed by atoms with Gasteiger partial charge in [-0.25, -0.2) is 4.79 Å². The van der Waals surface area contributed by atoms with Gasteiger partial charge in [-0.15, -0.1) is 11.3 Å². The molecule has 0 radical (unpaired) electrons. The molecule has 0 saturated heterocycles. The van der Waals surface area contributed by atoms with Gasteiger partial charge in [-0.1, -0.05) is 0 Å². The van der Waals surface area contributed by atoms with Crippen LogP contribution >= 0.6 is 27.3 Å². The molecular formula is C10H14BrN3O2S. The van der Waals surface area contributed by atoms with Crippen LogP contribution in [0.15, 0.2) is 15.9 Å². The molecular weight excluding hydrogens is 306 g/mol. The highest BCUT2D eigenvalue weighted by molar-refractivity contribution is 9.10. The van der Waals surface area contributed by atoms with E-state index in [1.54, 1.807) is 18.3 Å². The molecule has 17 heavy (non-hydrogen) atoms. The predicted octanol–water partition coefficient (Wildman–Crippen LogP) is 1.44. The Balaban J connectivity index is 2.39. The first-order valence-electron chi connectivity index (χ1n) is 5.02. The highest BCUT2D eigenvalue weighted by Gasteiger charge is 2.14. The largest absolute Gasteiger partial charge is 0.341 e. The van der Waals surface area contributed by atoms with Crippen LogP contribution in [0.4, 0.5) is 4.79 Å². The van der Waals surface area contributed by atoms with Gasteiger partial charge in [0.2, 0.25) is 5.91 Å². The van der Waals surface area contributed by atoms with Gasteiger partial charge >= 0.3 is 6.03 Å². The first-order chi connectivity index (χ1) is 8.04. The highest BCUT2D eigenvalue weighted by Crippen LogP contribution is 2.22. The maximum absolute atomic E-state index is 11.5. The van der Waals surface area contributed by atoms with E-state index in [-0.39, 0.29) is 5.91 Å². The van der Waals surface area contributed by atoms with E-state index in [1.807, 2.05) is 11.4 Å². The summed E-state index contributed by atoms with van der Waals surface area (Å²) in [5.41, 5.74) is 0. The lowest BCUT2D eigenvalue weighted by molar-refractivity contribution is -0.121. The number of carbonyl (C=O) groups excluding carboxylic acids is 2. The van der Waals surface area contributed by atoms with Crippen LogP contribution in [0, 0.1) is 0 Å². The van der Waals surface area contributed by atoms with Crippen molar-refractivity contribution in [3.8, 4) is 0 Å². The Labute approximate surface area is 112 Å². The maximum Gasteiger partial charge on any atom is 0.321 e. The molecule has 3 amide bonds. The fourth-order valence-electron chi connectivity index (χ4n) is 1.07. The van der Waals surface area contributed by atoms with Crippen molar-refractivity contribution in [1.29, 1.82) is 0 Å². The molecule has 1 unspecified atom stereocenters. The van der Waals surface area contributed by atoms with Crippen LogP contribution in [0.3, 0.4) is 0 Å². The summed E-state index contributed by atoms with van der Waals surface area (Å²) >= 11 is 5.01. The number of nitrogens with one attached hydrogen (secondary N) is 3. The van der Waals surface area contributed by atoms with Crippen molar-refractivity contribution in [1.82, 2.24) is 16.0 Å². The molecule has 1 aromatic heterocycles. The highest BCUT2D eigenvalue weighted by atomic mass is 79.9. The van der Waals surface area contributed by atoms with Crippen molar-refractivity contribution in [2.24, 2.45) is 0 Å². The van der Waals surface area contributed by atoms with E-state index >= 15 is 0 Å². The number of amides is 3. The van der Waals surface area contributed by atoms with Gasteiger partial charge in [-0.2, -0.15) is 0 Å². The second kappa shape index (κ2) is 6.73. The molecule has 0 saturated carbocycles. The summed E-state index contributed by atoms with van der Waals surface area (Å²) in [5, 5.41) is 9.55. The van der Waals surface area contributed by atoms with Crippen LogP contribution < -0.4 is 16.0 Å². The standard InChI is InChI=1S/C10H14BrN3O2S/c1-6(9(15)14-10(16)12-2)13-5-8-7(11)3-4-17-8/h3-4,6,13H,5H2,1-2H3,(H2,12,14,15,16). The molecule has 0 fully saturated rings. The molecule has 0 aliphatic rings. The summed E-state index contributed by atoms with van der Waals surface area (Å²) in [4.78, 5) is 23.6. The molecule has 0 aliphatic carbocycles. The molecule has 7 heteroatoms. The van der Waals surface area contributed by atoms with Gasteiger partial charge in [0.05, 0.1) is 6.04 Å². The zero-order valence-electron chi connectivity index (χ0n) is 9.54. The number of hydrogen-bond acceptors (Lipinski definition) is 4. The van der Waals surface area contributed by atoms with Crippen molar-refractivity contribution < 1.29 is 9.59 Å². The van der Waals surface area contributed by atoms with Crippen LogP contribution in [0.25, 0.3) is 0 Å².